The molecule has 5 heterocycles. The second-order valence-electron chi connectivity index (χ2n) is 10.5. The average molecular weight is 588 g/mol. The molecule has 3 atom stereocenters. The van der Waals surface area contributed by atoms with Crippen LogP contribution in [0, 0.1) is 11.9 Å². The minimum atomic E-state index is -0.542. The third-order valence-electron chi connectivity index (χ3n) is 8.00. The van der Waals surface area contributed by atoms with Crippen LogP contribution in [0.2, 0.25) is 10.2 Å². The van der Waals surface area contributed by atoms with Crippen molar-refractivity contribution in [3.05, 3.63) is 111 Å². The van der Waals surface area contributed by atoms with E-state index >= 15 is 4.39 Å². The first-order valence-corrected chi connectivity index (χ1v) is 13.7. The number of H-pyrrole nitrogens is 1. The zero-order chi connectivity index (χ0) is 28.0. The average Bonchev–Trinajstić information content (AvgIpc) is 3.27. The molecule has 3 unspecified atom stereocenters. The summed E-state index contributed by atoms with van der Waals surface area (Å²) in [4.78, 5) is 21.2. The first kappa shape index (κ1) is 24.4. The summed E-state index contributed by atoms with van der Waals surface area (Å²) in [6.45, 7) is 4.12. The molecule has 2 aromatic carbocycles. The van der Waals surface area contributed by atoms with Gasteiger partial charge < -0.3 is 19.6 Å². The maximum atomic E-state index is 15.3. The van der Waals surface area contributed by atoms with Crippen molar-refractivity contribution in [3.63, 3.8) is 0 Å². The van der Waals surface area contributed by atoms with Crippen LogP contribution in [0.5, 0.6) is 0 Å². The first-order valence-electron chi connectivity index (χ1n) is 13.0. The van der Waals surface area contributed by atoms with E-state index in [9.17, 15) is 4.79 Å². The molecule has 3 aliphatic rings. The SMILES string of the molecule is C=C1Nc2ccc(-c3nc(C4C5CC5c5cc(-c6cc(Cl)ccc6-n6cc(Cl)nn6)cc(=O)n54)[nH]c3F)cc2CO1. The van der Waals surface area contributed by atoms with Crippen LogP contribution in [0.1, 0.15) is 35.5 Å². The molecule has 2 aliphatic heterocycles. The highest BCUT2D eigenvalue weighted by atomic mass is 35.5. The molecule has 9 nitrogen and oxygen atoms in total. The summed E-state index contributed by atoms with van der Waals surface area (Å²) >= 11 is 12.4. The molecule has 2 N–H and O–H groups in total. The Morgan fingerprint density at radius 3 is 2.80 bits per heavy atom. The second kappa shape index (κ2) is 8.79. The standard InChI is InChI=1S/C29H20Cl2FN7O2/c1-13-33-21-4-2-14(6-16(21)12-41-13)26-28(32)35-29(34-26)27-20-10-19(20)23-7-15(8-25(40)39(23)27)18-9-17(30)3-5-22(18)38-11-24(31)36-37-38/h2-9,11,19-20,27,33H,1,10,12H2,(H,34,35). The van der Waals surface area contributed by atoms with Crippen molar-refractivity contribution in [3.8, 4) is 28.1 Å². The van der Waals surface area contributed by atoms with E-state index in [0.717, 1.165) is 28.9 Å². The highest BCUT2D eigenvalue weighted by Gasteiger charge is 2.54. The normalized spacial score (nSPS) is 20.2. The van der Waals surface area contributed by atoms with E-state index in [-0.39, 0.29) is 28.2 Å². The number of hydrogen-bond acceptors (Lipinski definition) is 6. The minimum Gasteiger partial charge on any atom is -0.475 e. The summed E-state index contributed by atoms with van der Waals surface area (Å²) in [5.41, 5.74) is 5.38. The predicted molar refractivity (Wildman–Crippen MR) is 152 cm³/mol. The fourth-order valence-corrected chi connectivity index (χ4v) is 6.39. The van der Waals surface area contributed by atoms with Gasteiger partial charge in [-0.2, -0.15) is 4.39 Å². The maximum Gasteiger partial charge on any atom is 0.252 e. The van der Waals surface area contributed by atoms with Gasteiger partial charge in [0.25, 0.3) is 5.56 Å². The van der Waals surface area contributed by atoms with E-state index in [1.165, 1.54) is 0 Å². The third kappa shape index (κ3) is 3.89. The van der Waals surface area contributed by atoms with Crippen molar-refractivity contribution in [1.29, 1.82) is 0 Å². The fourth-order valence-electron chi connectivity index (χ4n) is 6.09. The number of hydrogen-bond donors (Lipinski definition) is 2. The Kier molecular flexibility index (Phi) is 5.23. The van der Waals surface area contributed by atoms with Crippen molar-refractivity contribution in [2.75, 3.05) is 5.32 Å². The van der Waals surface area contributed by atoms with Gasteiger partial charge in [-0.25, -0.2) is 9.67 Å². The third-order valence-corrected chi connectivity index (χ3v) is 8.40. The molecule has 0 bridgehead atoms. The molecule has 204 valence electrons. The number of aromatic nitrogens is 6. The van der Waals surface area contributed by atoms with Crippen LogP contribution in [-0.2, 0) is 11.3 Å². The topological polar surface area (TPSA) is 103 Å². The van der Waals surface area contributed by atoms with Crippen molar-refractivity contribution in [2.45, 2.75) is 25.0 Å². The number of fused-ring (bicyclic) bond motifs is 4. The zero-order valence-electron chi connectivity index (χ0n) is 21.2. The first-order chi connectivity index (χ1) is 19.8. The molecule has 1 fully saturated rings. The second-order valence-corrected chi connectivity index (χ2v) is 11.3. The number of ether oxygens (including phenoxy) is 1. The van der Waals surface area contributed by atoms with E-state index in [2.05, 4.69) is 32.2 Å². The molecule has 12 heteroatoms. The molecule has 8 rings (SSSR count). The summed E-state index contributed by atoms with van der Waals surface area (Å²) in [6.07, 6.45) is 2.48. The number of nitrogens with one attached hydrogen (secondary N) is 2. The minimum absolute atomic E-state index is 0.149. The monoisotopic (exact) mass is 587 g/mol. The van der Waals surface area contributed by atoms with Gasteiger partial charge in [-0.1, -0.05) is 34.5 Å². The van der Waals surface area contributed by atoms with Crippen LogP contribution in [0.4, 0.5) is 10.1 Å². The van der Waals surface area contributed by atoms with Gasteiger partial charge in [-0.05, 0) is 60.9 Å². The summed E-state index contributed by atoms with van der Waals surface area (Å²) < 4.78 is 24.1. The lowest BCUT2D eigenvalue weighted by molar-refractivity contribution is 0.198. The number of benzene rings is 2. The van der Waals surface area contributed by atoms with Gasteiger partial charge in [0.1, 0.15) is 18.1 Å². The Bertz CT molecular complexity index is 1980. The van der Waals surface area contributed by atoms with E-state index in [1.807, 2.05) is 24.3 Å². The lowest BCUT2D eigenvalue weighted by Gasteiger charge is -2.21. The fraction of sp³-hybridized carbons (Fsp3) is 0.172. The number of rotatable bonds is 4. The van der Waals surface area contributed by atoms with Crippen LogP contribution in [0.3, 0.4) is 0 Å². The van der Waals surface area contributed by atoms with Crippen LogP contribution in [0.25, 0.3) is 28.1 Å². The molecule has 1 saturated carbocycles. The number of pyridine rings is 1. The molecule has 1 aliphatic carbocycles. The van der Waals surface area contributed by atoms with Crippen LogP contribution in [-0.4, -0.2) is 29.5 Å². The van der Waals surface area contributed by atoms with E-state index in [4.69, 9.17) is 27.9 Å². The molecule has 0 saturated heterocycles. The lowest BCUT2D eigenvalue weighted by atomic mass is 10.0. The summed E-state index contributed by atoms with van der Waals surface area (Å²) in [5, 5.41) is 11.8. The molecular formula is C29H20Cl2FN7O2. The van der Waals surface area contributed by atoms with E-state index < -0.39 is 12.0 Å². The largest absolute Gasteiger partial charge is 0.475 e. The highest BCUT2D eigenvalue weighted by Crippen LogP contribution is 2.60. The van der Waals surface area contributed by atoms with Crippen molar-refractivity contribution in [1.82, 2.24) is 29.5 Å². The summed E-state index contributed by atoms with van der Waals surface area (Å²) in [5.74, 6) is 0.684. The Morgan fingerprint density at radius 1 is 1.10 bits per heavy atom. The van der Waals surface area contributed by atoms with E-state index in [1.54, 1.807) is 39.7 Å². The molecule has 0 spiro atoms. The maximum absolute atomic E-state index is 15.3. The molecule has 3 aromatic heterocycles. The number of nitrogens with zero attached hydrogens (tertiary/aromatic N) is 5. The zero-order valence-corrected chi connectivity index (χ0v) is 22.7. The number of anilines is 1. The van der Waals surface area contributed by atoms with Gasteiger partial charge in [-0.3, -0.25) is 4.79 Å². The van der Waals surface area contributed by atoms with Gasteiger partial charge in [0.05, 0.1) is 17.9 Å². The Balaban J connectivity index is 1.19. The Labute approximate surface area is 242 Å². The smallest absolute Gasteiger partial charge is 0.252 e. The highest BCUT2D eigenvalue weighted by molar-refractivity contribution is 6.31. The van der Waals surface area contributed by atoms with Crippen molar-refractivity contribution < 1.29 is 9.13 Å². The van der Waals surface area contributed by atoms with Crippen molar-refractivity contribution in [2.24, 2.45) is 5.92 Å². The van der Waals surface area contributed by atoms with Gasteiger partial charge in [-0.15, -0.1) is 5.10 Å². The summed E-state index contributed by atoms with van der Waals surface area (Å²) in [7, 11) is 0. The number of halogens is 3. The quantitative estimate of drug-likeness (QED) is 0.265. The Hall–Kier alpha value is -4.41. The van der Waals surface area contributed by atoms with Crippen LogP contribution >= 0.6 is 23.2 Å². The van der Waals surface area contributed by atoms with Crippen LogP contribution in [0.15, 0.2) is 72.0 Å². The summed E-state index contributed by atoms with van der Waals surface area (Å²) in [6, 6.07) is 14.0. The van der Waals surface area contributed by atoms with E-state index in [0.29, 0.717) is 40.2 Å². The number of aromatic amines is 1. The molecule has 0 amide bonds. The molecule has 0 radical (unpaired) electrons. The van der Waals surface area contributed by atoms with Gasteiger partial charge in [0.15, 0.2) is 11.0 Å². The van der Waals surface area contributed by atoms with Gasteiger partial charge in [0.2, 0.25) is 5.95 Å². The molecular weight excluding hydrogens is 568 g/mol. The van der Waals surface area contributed by atoms with Crippen LogP contribution < -0.4 is 10.9 Å². The molecule has 41 heavy (non-hydrogen) atoms. The lowest BCUT2D eigenvalue weighted by Crippen LogP contribution is -2.26. The molecule has 5 aromatic rings. The predicted octanol–water partition coefficient (Wildman–Crippen LogP) is 6.05. The van der Waals surface area contributed by atoms with Gasteiger partial charge >= 0.3 is 0 Å². The van der Waals surface area contributed by atoms with Crippen molar-refractivity contribution >= 4 is 28.9 Å². The Morgan fingerprint density at radius 2 is 1.98 bits per heavy atom. The van der Waals surface area contributed by atoms with Gasteiger partial charge in [0, 0.05) is 45.1 Å². The number of imidazole rings is 1.